The number of anilines is 2. The predicted molar refractivity (Wildman–Crippen MR) is 103 cm³/mol. The van der Waals surface area contributed by atoms with E-state index in [4.69, 9.17) is 0 Å². The van der Waals surface area contributed by atoms with E-state index in [1.165, 1.54) is 0 Å². The fraction of sp³-hybridized carbons (Fsp3) is 0.353. The Morgan fingerprint density at radius 2 is 1.96 bits per heavy atom. The number of halogens is 1. The normalized spacial score (nSPS) is 14.6. The number of nitrogens with one attached hydrogen (secondary N) is 1. The molecule has 2 aromatic rings. The number of hydrogen-bond acceptors (Lipinski definition) is 5. The summed E-state index contributed by atoms with van der Waals surface area (Å²) in [4.78, 5) is 16.7. The Hall–Kier alpha value is -1.90. The lowest BCUT2D eigenvalue weighted by atomic mass is 10.2. The van der Waals surface area contributed by atoms with Gasteiger partial charge in [0.05, 0.1) is 0 Å². The first-order chi connectivity index (χ1) is 11.7. The van der Waals surface area contributed by atoms with Crippen LogP contribution in [0.15, 0.2) is 36.4 Å². The SMILES string of the molecule is CCNc1ccc(N2CCN(C(=O)c3cccc(I)c3)CC2)nn1. The molecule has 1 aromatic carbocycles. The maximum absolute atomic E-state index is 12.6. The summed E-state index contributed by atoms with van der Waals surface area (Å²) >= 11 is 2.23. The summed E-state index contributed by atoms with van der Waals surface area (Å²) in [6, 6.07) is 11.6. The Bertz CT molecular complexity index is 698. The van der Waals surface area contributed by atoms with Crippen molar-refractivity contribution < 1.29 is 4.79 Å². The average molecular weight is 437 g/mol. The van der Waals surface area contributed by atoms with Gasteiger partial charge in [0.1, 0.15) is 5.82 Å². The van der Waals surface area contributed by atoms with Gasteiger partial charge >= 0.3 is 0 Å². The topological polar surface area (TPSA) is 61.4 Å². The molecule has 1 fully saturated rings. The minimum atomic E-state index is 0.0988. The number of piperazine rings is 1. The van der Waals surface area contributed by atoms with Crippen LogP contribution in [0, 0.1) is 3.57 Å². The van der Waals surface area contributed by atoms with Gasteiger partial charge in [0.15, 0.2) is 5.82 Å². The van der Waals surface area contributed by atoms with Crippen molar-refractivity contribution in [3.05, 3.63) is 45.5 Å². The molecule has 0 radical (unpaired) electrons. The van der Waals surface area contributed by atoms with Gasteiger partial charge in [-0.05, 0) is 59.8 Å². The highest BCUT2D eigenvalue weighted by Crippen LogP contribution is 2.16. The number of carbonyl (C=O) groups is 1. The zero-order valence-corrected chi connectivity index (χ0v) is 15.7. The number of nitrogens with zero attached hydrogens (tertiary/aromatic N) is 4. The van der Waals surface area contributed by atoms with Crippen LogP contribution in [0.1, 0.15) is 17.3 Å². The first-order valence-electron chi connectivity index (χ1n) is 8.05. The van der Waals surface area contributed by atoms with Crippen LogP contribution in [-0.4, -0.2) is 53.7 Å². The monoisotopic (exact) mass is 437 g/mol. The molecule has 3 rings (SSSR count). The molecule has 1 saturated heterocycles. The largest absolute Gasteiger partial charge is 0.369 e. The van der Waals surface area contributed by atoms with E-state index in [1.54, 1.807) is 0 Å². The molecule has 2 heterocycles. The summed E-state index contributed by atoms with van der Waals surface area (Å²) in [6.07, 6.45) is 0. The molecule has 0 bridgehead atoms. The first-order valence-corrected chi connectivity index (χ1v) is 9.12. The van der Waals surface area contributed by atoms with Crippen molar-refractivity contribution in [2.24, 2.45) is 0 Å². The van der Waals surface area contributed by atoms with Crippen LogP contribution in [-0.2, 0) is 0 Å². The van der Waals surface area contributed by atoms with E-state index in [1.807, 2.05) is 48.2 Å². The summed E-state index contributed by atoms with van der Waals surface area (Å²) in [5, 5.41) is 11.6. The van der Waals surface area contributed by atoms with Crippen molar-refractivity contribution >= 4 is 40.1 Å². The molecule has 126 valence electrons. The Morgan fingerprint density at radius 3 is 2.58 bits per heavy atom. The molecule has 1 N–H and O–H groups in total. The highest BCUT2D eigenvalue weighted by Gasteiger charge is 2.23. The fourth-order valence-corrected chi connectivity index (χ4v) is 3.26. The van der Waals surface area contributed by atoms with Gasteiger partial charge < -0.3 is 15.1 Å². The van der Waals surface area contributed by atoms with Crippen LogP contribution in [0.5, 0.6) is 0 Å². The van der Waals surface area contributed by atoms with Crippen LogP contribution >= 0.6 is 22.6 Å². The molecular formula is C17H20IN5O. The first kappa shape index (κ1) is 16.9. The molecule has 1 aliphatic heterocycles. The van der Waals surface area contributed by atoms with Crippen molar-refractivity contribution in [3.63, 3.8) is 0 Å². The molecule has 0 spiro atoms. The summed E-state index contributed by atoms with van der Waals surface area (Å²) < 4.78 is 1.08. The van der Waals surface area contributed by atoms with Gasteiger partial charge in [-0.3, -0.25) is 4.79 Å². The van der Waals surface area contributed by atoms with Crippen molar-refractivity contribution in [3.8, 4) is 0 Å². The third-order valence-corrected chi connectivity index (χ3v) is 4.64. The predicted octanol–water partition coefficient (Wildman–Crippen LogP) is 2.48. The number of aromatic nitrogens is 2. The molecule has 24 heavy (non-hydrogen) atoms. The van der Waals surface area contributed by atoms with Gasteiger partial charge in [-0.2, -0.15) is 0 Å². The zero-order valence-electron chi connectivity index (χ0n) is 13.6. The summed E-state index contributed by atoms with van der Waals surface area (Å²) in [5.74, 6) is 1.74. The van der Waals surface area contributed by atoms with Crippen LogP contribution < -0.4 is 10.2 Å². The van der Waals surface area contributed by atoms with Gasteiger partial charge in [-0.1, -0.05) is 6.07 Å². The second-order valence-electron chi connectivity index (χ2n) is 5.60. The summed E-state index contributed by atoms with van der Waals surface area (Å²) in [7, 11) is 0. The maximum Gasteiger partial charge on any atom is 0.254 e. The smallest absolute Gasteiger partial charge is 0.254 e. The molecule has 6 nitrogen and oxygen atoms in total. The Morgan fingerprint density at radius 1 is 1.17 bits per heavy atom. The standard InChI is InChI=1S/C17H20IN5O/c1-2-19-15-6-7-16(21-20-15)22-8-10-23(11-9-22)17(24)13-4-3-5-14(18)12-13/h3-7,12H,2,8-11H2,1H3,(H,19,20). The molecule has 0 saturated carbocycles. The van der Waals surface area contributed by atoms with E-state index >= 15 is 0 Å². The lowest BCUT2D eigenvalue weighted by molar-refractivity contribution is 0.0746. The van der Waals surface area contributed by atoms with Gasteiger partial charge in [-0.25, -0.2) is 0 Å². The molecular weight excluding hydrogens is 417 g/mol. The van der Waals surface area contributed by atoms with Crippen molar-refractivity contribution in [2.75, 3.05) is 42.9 Å². The Labute approximate surface area is 155 Å². The molecule has 1 amide bonds. The van der Waals surface area contributed by atoms with Gasteiger partial charge in [0.2, 0.25) is 0 Å². The van der Waals surface area contributed by atoms with E-state index in [0.717, 1.165) is 40.4 Å². The quantitative estimate of drug-likeness (QED) is 0.745. The number of rotatable bonds is 4. The number of hydrogen-bond donors (Lipinski definition) is 1. The van der Waals surface area contributed by atoms with Gasteiger partial charge in [0.25, 0.3) is 5.91 Å². The van der Waals surface area contributed by atoms with E-state index in [2.05, 4.69) is 43.0 Å². The van der Waals surface area contributed by atoms with Gasteiger partial charge in [0, 0.05) is 41.9 Å². The summed E-state index contributed by atoms with van der Waals surface area (Å²) in [6.45, 7) is 5.78. The van der Waals surface area contributed by atoms with Crippen molar-refractivity contribution in [1.29, 1.82) is 0 Å². The van der Waals surface area contributed by atoms with E-state index in [0.29, 0.717) is 13.1 Å². The molecule has 1 aromatic heterocycles. The van der Waals surface area contributed by atoms with E-state index < -0.39 is 0 Å². The van der Waals surface area contributed by atoms with E-state index in [9.17, 15) is 4.79 Å². The van der Waals surface area contributed by atoms with Crippen LogP contribution in [0.2, 0.25) is 0 Å². The maximum atomic E-state index is 12.6. The van der Waals surface area contributed by atoms with Gasteiger partial charge in [-0.15, -0.1) is 10.2 Å². The third-order valence-electron chi connectivity index (χ3n) is 3.97. The molecule has 0 aliphatic carbocycles. The number of amides is 1. The van der Waals surface area contributed by atoms with E-state index in [-0.39, 0.29) is 5.91 Å². The molecule has 0 atom stereocenters. The summed E-state index contributed by atoms with van der Waals surface area (Å²) in [5.41, 5.74) is 0.755. The second kappa shape index (κ2) is 7.78. The highest BCUT2D eigenvalue weighted by molar-refractivity contribution is 14.1. The van der Waals surface area contributed by atoms with Crippen LogP contribution in [0.3, 0.4) is 0 Å². The second-order valence-corrected chi connectivity index (χ2v) is 6.84. The number of benzene rings is 1. The number of carbonyl (C=O) groups excluding carboxylic acids is 1. The minimum Gasteiger partial charge on any atom is -0.369 e. The molecule has 1 aliphatic rings. The van der Waals surface area contributed by atoms with Crippen molar-refractivity contribution in [2.45, 2.75) is 6.92 Å². The Balaban J connectivity index is 1.60. The molecule has 7 heteroatoms. The van der Waals surface area contributed by atoms with Crippen molar-refractivity contribution in [1.82, 2.24) is 15.1 Å². The van der Waals surface area contributed by atoms with Crippen LogP contribution in [0.25, 0.3) is 0 Å². The fourth-order valence-electron chi connectivity index (χ4n) is 2.71. The highest BCUT2D eigenvalue weighted by atomic mass is 127. The molecule has 0 unspecified atom stereocenters. The Kier molecular flexibility index (Phi) is 5.49. The zero-order chi connectivity index (χ0) is 16.9. The lowest BCUT2D eigenvalue weighted by Gasteiger charge is -2.35. The lowest BCUT2D eigenvalue weighted by Crippen LogP contribution is -2.49. The third kappa shape index (κ3) is 3.95. The van der Waals surface area contributed by atoms with Crippen LogP contribution in [0.4, 0.5) is 11.6 Å². The minimum absolute atomic E-state index is 0.0988. The average Bonchev–Trinajstić information content (AvgIpc) is 2.62.